The summed E-state index contributed by atoms with van der Waals surface area (Å²) in [4.78, 5) is 55.2. The van der Waals surface area contributed by atoms with Crippen molar-refractivity contribution in [3.8, 4) is 5.75 Å². The van der Waals surface area contributed by atoms with Crippen LogP contribution in [0.4, 0.5) is 4.79 Å². The van der Waals surface area contributed by atoms with Crippen LogP contribution in [0, 0.1) is 5.92 Å². The van der Waals surface area contributed by atoms with Crippen molar-refractivity contribution >= 4 is 29.5 Å². The fourth-order valence-corrected chi connectivity index (χ4v) is 3.18. The summed E-state index contributed by atoms with van der Waals surface area (Å²) in [5.74, 6) is -3.35. The predicted octanol–water partition coefficient (Wildman–Crippen LogP) is 2.65. The number of hydrogen-bond donors (Lipinski definition) is 2. The van der Waals surface area contributed by atoms with E-state index in [4.69, 9.17) is 9.57 Å². The van der Waals surface area contributed by atoms with E-state index in [9.17, 15) is 24.3 Å². The number of methoxy groups -OCH3 is 2. The first kappa shape index (κ1) is 29.0. The van der Waals surface area contributed by atoms with E-state index in [0.29, 0.717) is 0 Å². The summed E-state index contributed by atoms with van der Waals surface area (Å²) in [6.45, 7) is 4.38. The number of rotatable bonds is 11. The zero-order valence-corrected chi connectivity index (χ0v) is 21.2. The lowest BCUT2D eigenvalue weighted by Crippen LogP contribution is -2.61. The van der Waals surface area contributed by atoms with Crippen molar-refractivity contribution in [2.24, 2.45) is 11.1 Å². The smallest absolute Gasteiger partial charge is 0.408 e. The van der Waals surface area contributed by atoms with E-state index in [2.05, 4.69) is 19.9 Å². The van der Waals surface area contributed by atoms with Gasteiger partial charge in [-0.05, 0) is 42.7 Å². The number of alkyl carbamates (subject to hydrolysis) is 1. The van der Waals surface area contributed by atoms with Crippen LogP contribution in [0.5, 0.6) is 5.75 Å². The Morgan fingerprint density at radius 2 is 1.59 bits per heavy atom. The van der Waals surface area contributed by atoms with Crippen LogP contribution in [0.25, 0.3) is 0 Å². The number of esters is 2. The summed E-state index contributed by atoms with van der Waals surface area (Å²) in [7, 11) is 2.24. The number of Topliss-reactive ketones (excluding diaryl/α,β-unsaturated/α-hetero) is 1. The van der Waals surface area contributed by atoms with Crippen molar-refractivity contribution < 1.29 is 43.3 Å². The van der Waals surface area contributed by atoms with E-state index in [1.807, 2.05) is 6.07 Å². The van der Waals surface area contributed by atoms with Crippen LogP contribution in [-0.4, -0.2) is 60.5 Å². The molecule has 1 unspecified atom stereocenters. The van der Waals surface area contributed by atoms with Crippen LogP contribution in [-0.2, 0) is 30.4 Å². The van der Waals surface area contributed by atoms with Crippen molar-refractivity contribution in [2.75, 3.05) is 14.2 Å². The lowest BCUT2D eigenvalue weighted by atomic mass is 9.84. The second-order valence-electron chi connectivity index (χ2n) is 8.28. The Balaban J connectivity index is 2.22. The van der Waals surface area contributed by atoms with E-state index in [-0.39, 0.29) is 17.9 Å². The molecule has 37 heavy (non-hydrogen) atoms. The van der Waals surface area contributed by atoms with Crippen LogP contribution in [0.1, 0.15) is 36.7 Å². The first-order valence-electron chi connectivity index (χ1n) is 11.3. The number of ketones is 1. The third kappa shape index (κ3) is 7.37. The van der Waals surface area contributed by atoms with Gasteiger partial charge in [-0.1, -0.05) is 49.3 Å². The molecule has 0 saturated heterocycles. The summed E-state index contributed by atoms with van der Waals surface area (Å²) in [5, 5.41) is 17.3. The second-order valence-corrected chi connectivity index (χ2v) is 8.28. The number of hydrogen-bond acceptors (Lipinski definition) is 10. The van der Waals surface area contributed by atoms with E-state index >= 15 is 0 Å². The summed E-state index contributed by atoms with van der Waals surface area (Å²) in [6, 6.07) is 13.2. The SMILES string of the molecule is COC(=O)c1ccc(O/N=C(\C)C(O)(C(=O)OC)C(=O)[C@@H](NC(=O)OCc2ccccc2)C(C)C)cc1. The zero-order valence-electron chi connectivity index (χ0n) is 21.2. The molecule has 0 aliphatic rings. The number of nitrogens with zero attached hydrogens (tertiary/aromatic N) is 1. The van der Waals surface area contributed by atoms with E-state index in [1.54, 1.807) is 38.1 Å². The molecule has 0 aromatic heterocycles. The van der Waals surface area contributed by atoms with Crippen LogP contribution >= 0.6 is 0 Å². The largest absolute Gasteiger partial charge is 0.466 e. The third-order valence-corrected chi connectivity index (χ3v) is 5.36. The third-order valence-electron chi connectivity index (χ3n) is 5.36. The molecule has 0 heterocycles. The molecule has 0 aliphatic heterocycles. The topological polar surface area (TPSA) is 150 Å². The molecule has 2 N–H and O–H groups in total. The average Bonchev–Trinajstić information content (AvgIpc) is 2.92. The second kappa shape index (κ2) is 13.2. The quantitative estimate of drug-likeness (QED) is 0.152. The lowest BCUT2D eigenvalue weighted by Gasteiger charge is -2.29. The molecular weight excluding hydrogens is 484 g/mol. The minimum Gasteiger partial charge on any atom is -0.466 e. The van der Waals surface area contributed by atoms with Gasteiger partial charge in [-0.15, -0.1) is 0 Å². The highest BCUT2D eigenvalue weighted by Gasteiger charge is 2.52. The van der Waals surface area contributed by atoms with Gasteiger partial charge in [0.25, 0.3) is 5.60 Å². The number of ether oxygens (including phenoxy) is 3. The Hall–Kier alpha value is -4.25. The molecule has 2 atom stereocenters. The molecule has 2 aromatic carbocycles. The molecular formula is C26H30N2O9. The standard InChI is InChI=1S/C26H30N2O9/c1-16(2)21(27-25(32)36-15-18-9-7-6-8-10-18)22(29)26(33,24(31)35-5)17(3)28-37-20-13-11-19(12-14-20)23(30)34-4/h6-14,16,21,33H,15H2,1-5H3,(H,27,32)/b28-17+/t21-,26?/m0/s1. The molecule has 11 heteroatoms. The molecule has 0 bridgehead atoms. The Bertz CT molecular complexity index is 1130. The highest BCUT2D eigenvalue weighted by Crippen LogP contribution is 2.20. The average molecular weight is 515 g/mol. The number of carbonyl (C=O) groups excluding carboxylic acids is 4. The van der Waals surface area contributed by atoms with Crippen molar-refractivity contribution in [1.29, 1.82) is 0 Å². The zero-order chi connectivity index (χ0) is 27.6. The van der Waals surface area contributed by atoms with Crippen molar-refractivity contribution in [3.63, 3.8) is 0 Å². The summed E-state index contributed by atoms with van der Waals surface area (Å²) < 4.78 is 14.5. The van der Waals surface area contributed by atoms with Gasteiger partial charge < -0.3 is 29.5 Å². The van der Waals surface area contributed by atoms with E-state index < -0.39 is 47.1 Å². The Morgan fingerprint density at radius 3 is 2.14 bits per heavy atom. The molecule has 2 rings (SSSR count). The van der Waals surface area contributed by atoms with Gasteiger partial charge in [0.15, 0.2) is 5.75 Å². The van der Waals surface area contributed by atoms with Crippen LogP contribution in [0.15, 0.2) is 59.8 Å². The van der Waals surface area contributed by atoms with Crippen LogP contribution in [0.2, 0.25) is 0 Å². The Morgan fingerprint density at radius 1 is 0.973 bits per heavy atom. The molecule has 11 nitrogen and oxygen atoms in total. The van der Waals surface area contributed by atoms with Crippen molar-refractivity contribution in [2.45, 2.75) is 39.0 Å². The summed E-state index contributed by atoms with van der Waals surface area (Å²) in [6.07, 6.45) is -0.917. The summed E-state index contributed by atoms with van der Waals surface area (Å²) >= 11 is 0. The maximum absolute atomic E-state index is 13.4. The molecule has 0 aliphatic carbocycles. The van der Waals surface area contributed by atoms with Gasteiger partial charge in [-0.2, -0.15) is 0 Å². The number of benzene rings is 2. The Kier molecular flexibility index (Phi) is 10.3. The molecule has 1 amide bonds. The van der Waals surface area contributed by atoms with Gasteiger partial charge in [0.1, 0.15) is 12.3 Å². The Labute approximate surface area is 214 Å². The van der Waals surface area contributed by atoms with Gasteiger partial charge in [0, 0.05) is 0 Å². The maximum Gasteiger partial charge on any atom is 0.408 e. The fraction of sp³-hybridized carbons (Fsp3) is 0.346. The molecule has 198 valence electrons. The normalized spacial score (nSPS) is 13.6. The predicted molar refractivity (Wildman–Crippen MR) is 132 cm³/mol. The first-order chi connectivity index (χ1) is 17.5. The molecule has 0 saturated carbocycles. The number of amides is 1. The van der Waals surface area contributed by atoms with Gasteiger partial charge >= 0.3 is 18.0 Å². The van der Waals surface area contributed by atoms with Crippen LogP contribution < -0.4 is 10.2 Å². The number of nitrogens with one attached hydrogen (secondary N) is 1. The first-order valence-corrected chi connectivity index (χ1v) is 11.3. The monoisotopic (exact) mass is 514 g/mol. The highest BCUT2D eigenvalue weighted by molar-refractivity contribution is 6.28. The number of oxime groups is 1. The van der Waals surface area contributed by atoms with E-state index in [1.165, 1.54) is 38.3 Å². The van der Waals surface area contributed by atoms with Crippen molar-refractivity contribution in [1.82, 2.24) is 5.32 Å². The van der Waals surface area contributed by atoms with Crippen molar-refractivity contribution in [3.05, 3.63) is 65.7 Å². The van der Waals surface area contributed by atoms with Gasteiger partial charge in [-0.25, -0.2) is 14.4 Å². The van der Waals surface area contributed by atoms with E-state index in [0.717, 1.165) is 12.7 Å². The minimum absolute atomic E-state index is 0.0456. The maximum atomic E-state index is 13.4. The van der Waals surface area contributed by atoms with Gasteiger partial charge in [-0.3, -0.25) is 4.79 Å². The lowest BCUT2D eigenvalue weighted by molar-refractivity contribution is -0.162. The van der Waals surface area contributed by atoms with Gasteiger partial charge in [0.2, 0.25) is 5.78 Å². The fourth-order valence-electron chi connectivity index (χ4n) is 3.18. The van der Waals surface area contributed by atoms with Gasteiger partial charge in [0.05, 0.1) is 25.8 Å². The highest BCUT2D eigenvalue weighted by atomic mass is 16.6. The molecule has 0 spiro atoms. The van der Waals surface area contributed by atoms with Crippen LogP contribution in [0.3, 0.4) is 0 Å². The molecule has 0 fully saturated rings. The molecule has 2 aromatic rings. The summed E-state index contributed by atoms with van der Waals surface area (Å²) in [5.41, 5.74) is -2.31. The number of aliphatic hydroxyl groups is 1. The minimum atomic E-state index is -2.87. The number of carbonyl (C=O) groups is 4. The molecule has 0 radical (unpaired) electrons.